The molecule has 0 spiro atoms. The summed E-state index contributed by atoms with van der Waals surface area (Å²) in [4.78, 5) is 11.8. The molecule has 0 saturated carbocycles. The fourth-order valence-corrected chi connectivity index (χ4v) is 2.41. The number of benzene rings is 1. The predicted molar refractivity (Wildman–Crippen MR) is 74.0 cm³/mol. The zero-order valence-corrected chi connectivity index (χ0v) is 12.5. The molecule has 0 aliphatic carbocycles. The number of carbonyl (C=O) groups is 1. The van der Waals surface area contributed by atoms with Gasteiger partial charge in [0.05, 0.1) is 0 Å². The third kappa shape index (κ3) is 4.24. The Balaban J connectivity index is 2.78. The van der Waals surface area contributed by atoms with Crippen LogP contribution in [0.4, 0.5) is 8.78 Å². The van der Waals surface area contributed by atoms with Gasteiger partial charge in [-0.15, -0.1) is 0 Å². The van der Waals surface area contributed by atoms with E-state index in [1.54, 1.807) is 11.8 Å². The van der Waals surface area contributed by atoms with Crippen LogP contribution in [0.2, 0.25) is 0 Å². The molecule has 0 fully saturated rings. The summed E-state index contributed by atoms with van der Waals surface area (Å²) in [6, 6.07) is 2.03. The van der Waals surface area contributed by atoms with Crippen molar-refractivity contribution < 1.29 is 13.6 Å². The van der Waals surface area contributed by atoms with E-state index in [2.05, 4.69) is 21.2 Å². The first-order chi connectivity index (χ1) is 8.45. The van der Waals surface area contributed by atoms with E-state index in [4.69, 9.17) is 0 Å². The number of carbonyl (C=O) groups excluding carboxylic acids is 1. The van der Waals surface area contributed by atoms with Crippen LogP contribution in [0.5, 0.6) is 0 Å². The molecular formula is C12H14BrF2NOS. The molecule has 6 heteroatoms. The summed E-state index contributed by atoms with van der Waals surface area (Å²) in [6.07, 6.45) is 2.72. The van der Waals surface area contributed by atoms with Crippen molar-refractivity contribution in [2.24, 2.45) is 0 Å². The summed E-state index contributed by atoms with van der Waals surface area (Å²) < 4.78 is 27.3. The van der Waals surface area contributed by atoms with Gasteiger partial charge in [-0.1, -0.05) is 15.9 Å². The van der Waals surface area contributed by atoms with Crippen LogP contribution < -0.4 is 5.32 Å². The first-order valence-electron chi connectivity index (χ1n) is 5.40. The van der Waals surface area contributed by atoms with Gasteiger partial charge in [-0.2, -0.15) is 11.8 Å². The minimum Gasteiger partial charge on any atom is -0.349 e. The van der Waals surface area contributed by atoms with E-state index in [1.807, 2.05) is 13.2 Å². The zero-order valence-electron chi connectivity index (χ0n) is 10.1. The topological polar surface area (TPSA) is 29.1 Å². The van der Waals surface area contributed by atoms with Crippen LogP contribution in [-0.2, 0) is 0 Å². The highest BCUT2D eigenvalue weighted by atomic mass is 79.9. The summed E-state index contributed by atoms with van der Waals surface area (Å²) in [5.74, 6) is -1.56. The largest absolute Gasteiger partial charge is 0.349 e. The minimum absolute atomic E-state index is 0.118. The number of nitrogens with one attached hydrogen (secondary N) is 1. The summed E-state index contributed by atoms with van der Waals surface area (Å²) >= 11 is 4.62. The molecule has 0 saturated heterocycles. The molecule has 1 aromatic carbocycles. The number of halogens is 3. The van der Waals surface area contributed by atoms with Gasteiger partial charge >= 0.3 is 0 Å². The van der Waals surface area contributed by atoms with Gasteiger partial charge in [-0.25, -0.2) is 8.78 Å². The Hall–Kier alpha value is -0.620. The standard InChI is InChI=1S/C12H14BrF2NOS/c1-7(3-4-18-2)16-12(17)11-9(14)5-8(13)6-10(11)15/h5-7H,3-4H2,1-2H3,(H,16,17). The Kier molecular flexibility index (Phi) is 6.08. The van der Waals surface area contributed by atoms with Crippen LogP contribution in [0, 0.1) is 11.6 Å². The molecular weight excluding hydrogens is 324 g/mol. The van der Waals surface area contributed by atoms with Crippen molar-refractivity contribution >= 4 is 33.6 Å². The van der Waals surface area contributed by atoms with Crippen molar-refractivity contribution in [1.82, 2.24) is 5.32 Å². The lowest BCUT2D eigenvalue weighted by Crippen LogP contribution is -2.34. The highest BCUT2D eigenvalue weighted by molar-refractivity contribution is 9.10. The van der Waals surface area contributed by atoms with Crippen molar-refractivity contribution in [3.05, 3.63) is 33.8 Å². The molecule has 1 aromatic rings. The third-order valence-electron chi connectivity index (χ3n) is 2.37. The highest BCUT2D eigenvalue weighted by Crippen LogP contribution is 2.19. The number of amides is 1. The second-order valence-electron chi connectivity index (χ2n) is 3.90. The lowest BCUT2D eigenvalue weighted by Gasteiger charge is -2.14. The first kappa shape index (κ1) is 15.4. The molecule has 1 atom stereocenters. The number of hydrogen-bond donors (Lipinski definition) is 1. The lowest BCUT2D eigenvalue weighted by atomic mass is 10.1. The van der Waals surface area contributed by atoms with E-state index in [9.17, 15) is 13.6 Å². The smallest absolute Gasteiger partial charge is 0.257 e. The van der Waals surface area contributed by atoms with E-state index in [0.29, 0.717) is 0 Å². The molecule has 18 heavy (non-hydrogen) atoms. The van der Waals surface area contributed by atoms with Gasteiger partial charge < -0.3 is 5.32 Å². The summed E-state index contributed by atoms with van der Waals surface area (Å²) in [5, 5.41) is 2.58. The lowest BCUT2D eigenvalue weighted by molar-refractivity contribution is 0.0931. The molecule has 0 aliphatic heterocycles. The Bertz CT molecular complexity index is 419. The van der Waals surface area contributed by atoms with Crippen LogP contribution in [0.1, 0.15) is 23.7 Å². The maximum Gasteiger partial charge on any atom is 0.257 e. The summed E-state index contributed by atoms with van der Waals surface area (Å²) in [5.41, 5.74) is -0.533. The fraction of sp³-hybridized carbons (Fsp3) is 0.417. The van der Waals surface area contributed by atoms with Gasteiger partial charge in [-0.05, 0) is 37.5 Å². The normalized spacial score (nSPS) is 12.3. The van der Waals surface area contributed by atoms with Crippen LogP contribution >= 0.6 is 27.7 Å². The molecule has 0 aromatic heterocycles. The maximum atomic E-state index is 13.5. The summed E-state index contributed by atoms with van der Waals surface area (Å²) in [6.45, 7) is 1.81. The molecule has 0 aliphatic rings. The molecule has 0 bridgehead atoms. The molecule has 1 unspecified atom stereocenters. The Morgan fingerprint density at radius 2 is 2.00 bits per heavy atom. The number of rotatable bonds is 5. The van der Waals surface area contributed by atoms with Crippen LogP contribution in [0.3, 0.4) is 0 Å². The van der Waals surface area contributed by atoms with Crippen molar-refractivity contribution in [3.8, 4) is 0 Å². The number of thioether (sulfide) groups is 1. The van der Waals surface area contributed by atoms with E-state index < -0.39 is 23.1 Å². The molecule has 0 heterocycles. The van der Waals surface area contributed by atoms with Crippen molar-refractivity contribution in [2.45, 2.75) is 19.4 Å². The Morgan fingerprint density at radius 3 is 2.50 bits per heavy atom. The molecule has 1 rings (SSSR count). The van der Waals surface area contributed by atoms with Gasteiger partial charge in [0.15, 0.2) is 0 Å². The molecule has 2 nitrogen and oxygen atoms in total. The predicted octanol–water partition coefficient (Wildman–Crippen LogP) is 3.60. The Labute approximate surface area is 118 Å². The van der Waals surface area contributed by atoms with Crippen LogP contribution in [-0.4, -0.2) is 24.0 Å². The molecule has 1 amide bonds. The van der Waals surface area contributed by atoms with Gasteiger partial charge in [0.25, 0.3) is 5.91 Å². The van der Waals surface area contributed by atoms with Crippen molar-refractivity contribution in [3.63, 3.8) is 0 Å². The second kappa shape index (κ2) is 7.09. The SMILES string of the molecule is CSCCC(C)NC(=O)c1c(F)cc(Br)cc1F. The third-order valence-corrected chi connectivity index (χ3v) is 3.47. The average Bonchev–Trinajstić information content (AvgIpc) is 2.24. The summed E-state index contributed by atoms with van der Waals surface area (Å²) in [7, 11) is 0. The van der Waals surface area contributed by atoms with E-state index >= 15 is 0 Å². The van der Waals surface area contributed by atoms with Gasteiger partial charge in [-0.3, -0.25) is 4.79 Å². The van der Waals surface area contributed by atoms with Gasteiger partial charge in [0.1, 0.15) is 17.2 Å². The van der Waals surface area contributed by atoms with E-state index in [-0.39, 0.29) is 10.5 Å². The van der Waals surface area contributed by atoms with Crippen molar-refractivity contribution in [2.75, 3.05) is 12.0 Å². The molecule has 0 radical (unpaired) electrons. The number of hydrogen-bond acceptors (Lipinski definition) is 2. The van der Waals surface area contributed by atoms with Crippen LogP contribution in [0.25, 0.3) is 0 Å². The average molecular weight is 338 g/mol. The monoisotopic (exact) mass is 337 g/mol. The first-order valence-corrected chi connectivity index (χ1v) is 7.58. The second-order valence-corrected chi connectivity index (χ2v) is 5.80. The van der Waals surface area contributed by atoms with Crippen LogP contribution in [0.15, 0.2) is 16.6 Å². The van der Waals surface area contributed by atoms with Gasteiger partial charge in [0.2, 0.25) is 0 Å². The maximum absolute atomic E-state index is 13.5. The van der Waals surface area contributed by atoms with Gasteiger partial charge in [0, 0.05) is 10.5 Å². The molecule has 100 valence electrons. The van der Waals surface area contributed by atoms with Crippen molar-refractivity contribution in [1.29, 1.82) is 0 Å². The highest BCUT2D eigenvalue weighted by Gasteiger charge is 2.19. The van der Waals surface area contributed by atoms with E-state index in [1.165, 1.54) is 0 Å². The fourth-order valence-electron chi connectivity index (χ4n) is 1.42. The molecule has 1 N–H and O–H groups in total. The minimum atomic E-state index is -0.864. The Morgan fingerprint density at radius 1 is 1.44 bits per heavy atom. The zero-order chi connectivity index (χ0) is 13.7. The van der Waals surface area contributed by atoms with E-state index in [0.717, 1.165) is 24.3 Å². The quantitative estimate of drug-likeness (QED) is 0.889.